The highest BCUT2D eigenvalue weighted by Gasteiger charge is 2.17. The van der Waals surface area contributed by atoms with E-state index in [1.54, 1.807) is 12.3 Å². The molecule has 0 spiro atoms. The van der Waals surface area contributed by atoms with Crippen LogP contribution in [0.15, 0.2) is 34.7 Å². The number of ether oxygens (including phenoxy) is 1. The molecule has 108 valence electrons. The lowest BCUT2D eigenvalue weighted by molar-refractivity contribution is 0.414. The molecule has 0 aliphatic rings. The lowest BCUT2D eigenvalue weighted by Gasteiger charge is -2.09. The van der Waals surface area contributed by atoms with E-state index in [-0.39, 0.29) is 17.1 Å². The Morgan fingerprint density at radius 3 is 2.85 bits per heavy atom. The first kappa shape index (κ1) is 14.8. The Morgan fingerprint density at radius 2 is 2.25 bits per heavy atom. The first-order valence-corrected chi connectivity index (χ1v) is 8.21. The van der Waals surface area contributed by atoms with Gasteiger partial charge in [0.2, 0.25) is 10.0 Å². The molecular weight excluding hydrogens is 298 g/mol. The third-order valence-electron chi connectivity index (χ3n) is 2.62. The van der Waals surface area contributed by atoms with Crippen LogP contribution >= 0.6 is 11.3 Å². The van der Waals surface area contributed by atoms with Crippen molar-refractivity contribution < 1.29 is 13.2 Å². The molecule has 3 N–H and O–H groups in total. The highest BCUT2D eigenvalue weighted by atomic mass is 32.2. The highest BCUT2D eigenvalue weighted by Crippen LogP contribution is 2.23. The molecule has 6 nitrogen and oxygen atoms in total. The molecule has 0 saturated heterocycles. The van der Waals surface area contributed by atoms with Crippen molar-refractivity contribution in [2.45, 2.75) is 11.3 Å². The molecule has 0 aliphatic carbocycles. The van der Waals surface area contributed by atoms with E-state index in [2.05, 4.69) is 9.71 Å². The van der Waals surface area contributed by atoms with Crippen LogP contribution in [-0.2, 0) is 16.4 Å². The first-order valence-electron chi connectivity index (χ1n) is 5.84. The van der Waals surface area contributed by atoms with Gasteiger partial charge in [-0.05, 0) is 12.1 Å². The van der Waals surface area contributed by atoms with Gasteiger partial charge in [0.25, 0.3) is 0 Å². The second-order valence-electron chi connectivity index (χ2n) is 3.98. The third kappa shape index (κ3) is 3.47. The Kier molecular flexibility index (Phi) is 4.58. The second kappa shape index (κ2) is 6.21. The Hall–Kier alpha value is -1.64. The number of nitrogens with zero attached hydrogens (tertiary/aromatic N) is 1. The predicted octanol–water partition coefficient (Wildman–Crippen LogP) is 1.25. The summed E-state index contributed by atoms with van der Waals surface area (Å²) in [6, 6.07) is 4.47. The van der Waals surface area contributed by atoms with Crippen LogP contribution < -0.4 is 15.2 Å². The zero-order valence-electron chi connectivity index (χ0n) is 10.9. The monoisotopic (exact) mass is 313 g/mol. The average molecular weight is 313 g/mol. The van der Waals surface area contributed by atoms with Gasteiger partial charge in [-0.2, -0.15) is 0 Å². The smallest absolute Gasteiger partial charge is 0.242 e. The molecule has 0 bridgehead atoms. The number of nitrogens with one attached hydrogen (secondary N) is 1. The molecule has 0 fully saturated rings. The molecule has 0 atom stereocenters. The SMILES string of the molecule is COc1ccc(S(=O)(=O)NCCc2nccs2)c(N)c1. The number of hydrogen-bond acceptors (Lipinski definition) is 6. The van der Waals surface area contributed by atoms with Crippen LogP contribution in [0.2, 0.25) is 0 Å². The molecule has 1 aromatic heterocycles. The van der Waals surface area contributed by atoms with Gasteiger partial charge in [-0.15, -0.1) is 11.3 Å². The molecule has 1 heterocycles. The van der Waals surface area contributed by atoms with Crippen molar-refractivity contribution in [2.24, 2.45) is 0 Å². The van der Waals surface area contributed by atoms with Crippen molar-refractivity contribution in [2.75, 3.05) is 19.4 Å². The summed E-state index contributed by atoms with van der Waals surface area (Å²) in [6.45, 7) is 0.279. The van der Waals surface area contributed by atoms with Gasteiger partial charge in [-0.1, -0.05) is 0 Å². The van der Waals surface area contributed by atoms with Crippen molar-refractivity contribution in [3.63, 3.8) is 0 Å². The molecule has 0 unspecified atom stereocenters. The number of benzene rings is 1. The van der Waals surface area contributed by atoms with Gasteiger partial charge >= 0.3 is 0 Å². The summed E-state index contributed by atoms with van der Waals surface area (Å²) in [4.78, 5) is 4.14. The first-order chi connectivity index (χ1) is 9.53. The van der Waals surface area contributed by atoms with Crippen LogP contribution in [0.4, 0.5) is 5.69 Å². The van der Waals surface area contributed by atoms with Crippen LogP contribution in [0, 0.1) is 0 Å². The topological polar surface area (TPSA) is 94.3 Å². The summed E-state index contributed by atoms with van der Waals surface area (Å²) in [6.07, 6.45) is 2.24. The number of hydrogen-bond donors (Lipinski definition) is 2. The maximum atomic E-state index is 12.1. The molecule has 2 rings (SSSR count). The number of nitrogen functional groups attached to an aromatic ring is 1. The summed E-state index contributed by atoms with van der Waals surface area (Å²) >= 11 is 1.49. The van der Waals surface area contributed by atoms with Crippen molar-refractivity contribution in [3.05, 3.63) is 34.8 Å². The van der Waals surface area contributed by atoms with Crippen molar-refractivity contribution in [1.82, 2.24) is 9.71 Å². The molecule has 0 radical (unpaired) electrons. The van der Waals surface area contributed by atoms with Crippen molar-refractivity contribution >= 4 is 27.0 Å². The second-order valence-corrected chi connectivity index (χ2v) is 6.69. The molecule has 8 heteroatoms. The molecule has 2 aromatic rings. The van der Waals surface area contributed by atoms with E-state index in [1.165, 1.54) is 30.6 Å². The highest BCUT2D eigenvalue weighted by molar-refractivity contribution is 7.89. The van der Waals surface area contributed by atoms with Crippen LogP contribution in [0.1, 0.15) is 5.01 Å². The van der Waals surface area contributed by atoms with Crippen molar-refractivity contribution in [3.8, 4) is 5.75 Å². The fourth-order valence-electron chi connectivity index (χ4n) is 1.64. The zero-order valence-corrected chi connectivity index (χ0v) is 12.5. The summed E-state index contributed by atoms with van der Waals surface area (Å²) in [5.41, 5.74) is 5.90. The Bertz CT molecular complexity index is 669. The zero-order chi connectivity index (χ0) is 14.6. The van der Waals surface area contributed by atoms with Gasteiger partial charge in [-0.25, -0.2) is 18.1 Å². The summed E-state index contributed by atoms with van der Waals surface area (Å²) < 4.78 is 31.8. The number of aromatic nitrogens is 1. The molecule has 0 aliphatic heterocycles. The summed E-state index contributed by atoms with van der Waals surface area (Å²) in [5.74, 6) is 0.518. The third-order valence-corrected chi connectivity index (χ3v) is 5.00. The van der Waals surface area contributed by atoms with Gasteiger partial charge in [0, 0.05) is 30.6 Å². The minimum Gasteiger partial charge on any atom is -0.497 e. The quantitative estimate of drug-likeness (QED) is 0.783. The molecule has 0 saturated carbocycles. The predicted molar refractivity (Wildman–Crippen MR) is 78.4 cm³/mol. The number of methoxy groups -OCH3 is 1. The van der Waals surface area contributed by atoms with Gasteiger partial charge in [0.1, 0.15) is 10.6 Å². The Balaban J connectivity index is 2.06. The molecule has 0 amide bonds. The van der Waals surface area contributed by atoms with Gasteiger partial charge < -0.3 is 10.5 Å². The van der Waals surface area contributed by atoms with Gasteiger partial charge in [0.05, 0.1) is 17.8 Å². The van der Waals surface area contributed by atoms with Crippen LogP contribution in [0.3, 0.4) is 0 Å². The minimum atomic E-state index is -3.62. The number of anilines is 1. The number of nitrogens with two attached hydrogens (primary N) is 1. The number of thiazole rings is 1. The van der Waals surface area contributed by atoms with E-state index in [0.29, 0.717) is 12.2 Å². The lowest BCUT2D eigenvalue weighted by atomic mass is 10.3. The van der Waals surface area contributed by atoms with Crippen LogP contribution in [0.25, 0.3) is 0 Å². The Labute approximate surface area is 121 Å². The van der Waals surface area contributed by atoms with E-state index < -0.39 is 10.0 Å². The fourth-order valence-corrected chi connectivity index (χ4v) is 3.41. The molecular formula is C12H15N3O3S2. The minimum absolute atomic E-state index is 0.0532. The van der Waals surface area contributed by atoms with E-state index >= 15 is 0 Å². The Morgan fingerprint density at radius 1 is 1.45 bits per heavy atom. The van der Waals surface area contributed by atoms with Crippen LogP contribution in [0.5, 0.6) is 5.75 Å². The van der Waals surface area contributed by atoms with Gasteiger partial charge in [0.15, 0.2) is 0 Å². The normalized spacial score (nSPS) is 11.4. The average Bonchev–Trinajstić information content (AvgIpc) is 2.91. The maximum Gasteiger partial charge on any atom is 0.242 e. The molecule has 20 heavy (non-hydrogen) atoms. The van der Waals surface area contributed by atoms with Crippen LogP contribution in [-0.4, -0.2) is 27.1 Å². The van der Waals surface area contributed by atoms with E-state index in [1.807, 2.05) is 5.38 Å². The van der Waals surface area contributed by atoms with E-state index in [4.69, 9.17) is 10.5 Å². The summed E-state index contributed by atoms with van der Waals surface area (Å²) in [7, 11) is -2.13. The van der Waals surface area contributed by atoms with E-state index in [9.17, 15) is 8.42 Å². The number of sulfonamides is 1. The van der Waals surface area contributed by atoms with E-state index in [0.717, 1.165) is 5.01 Å². The molecule has 1 aromatic carbocycles. The van der Waals surface area contributed by atoms with Gasteiger partial charge in [-0.3, -0.25) is 0 Å². The maximum absolute atomic E-state index is 12.1. The lowest BCUT2D eigenvalue weighted by Crippen LogP contribution is -2.26. The largest absolute Gasteiger partial charge is 0.497 e. The van der Waals surface area contributed by atoms with Crippen molar-refractivity contribution in [1.29, 1.82) is 0 Å². The number of rotatable bonds is 6. The standard InChI is InChI=1S/C12H15N3O3S2/c1-18-9-2-3-11(10(13)8-9)20(16,17)15-5-4-12-14-6-7-19-12/h2-3,6-8,15H,4-5,13H2,1H3. The summed E-state index contributed by atoms with van der Waals surface area (Å²) in [5, 5.41) is 2.74. The fraction of sp³-hybridized carbons (Fsp3) is 0.250.